The van der Waals surface area contributed by atoms with Gasteiger partial charge in [0.2, 0.25) is 0 Å². The monoisotopic (exact) mass is 434 g/mol. The smallest absolute Gasteiger partial charge is 0.320 e. The zero-order valence-corrected chi connectivity index (χ0v) is 19.9. The molecule has 6 heteroatoms. The molecule has 2 aliphatic heterocycles. The van der Waals surface area contributed by atoms with Crippen LogP contribution in [-0.2, 0) is 19.1 Å². The van der Waals surface area contributed by atoms with Crippen molar-refractivity contribution in [3.8, 4) is 0 Å². The molecule has 6 nitrogen and oxygen atoms in total. The number of rotatable bonds is 8. The maximum absolute atomic E-state index is 12.6. The molecule has 0 spiro atoms. The Morgan fingerprint density at radius 1 is 0.871 bits per heavy atom. The molecule has 0 bridgehead atoms. The fraction of sp³-hybridized carbons (Fsp3) is 0.840. The highest BCUT2D eigenvalue weighted by molar-refractivity contribution is 5.72. The number of ether oxygens (including phenoxy) is 2. The summed E-state index contributed by atoms with van der Waals surface area (Å²) in [5, 5.41) is 0. The van der Waals surface area contributed by atoms with Gasteiger partial charge in [-0.2, -0.15) is 0 Å². The molecule has 0 N–H and O–H groups in total. The highest BCUT2D eigenvalue weighted by atomic mass is 16.5. The lowest BCUT2D eigenvalue weighted by Crippen LogP contribution is -2.48. The molecule has 2 saturated heterocycles. The molecule has 3 aliphatic rings. The Balaban J connectivity index is 1.58. The van der Waals surface area contributed by atoms with E-state index in [1.54, 1.807) is 0 Å². The molecule has 31 heavy (non-hydrogen) atoms. The van der Waals surface area contributed by atoms with Crippen LogP contribution in [0.2, 0.25) is 0 Å². The molecule has 3 rings (SSSR count). The highest BCUT2D eigenvalue weighted by Crippen LogP contribution is 2.45. The van der Waals surface area contributed by atoms with Gasteiger partial charge in [-0.05, 0) is 77.0 Å². The van der Waals surface area contributed by atoms with Crippen LogP contribution in [0.15, 0.2) is 11.6 Å². The Kier molecular flexibility index (Phi) is 8.96. The van der Waals surface area contributed by atoms with Crippen molar-refractivity contribution in [1.29, 1.82) is 0 Å². The summed E-state index contributed by atoms with van der Waals surface area (Å²) in [5.74, 6) is 0.137. The molecule has 0 aromatic rings. The molecule has 0 unspecified atom stereocenters. The Morgan fingerprint density at radius 2 is 1.32 bits per heavy atom. The number of allylic oxidation sites excluding steroid dienone is 2. The first-order chi connectivity index (χ1) is 14.9. The summed E-state index contributed by atoms with van der Waals surface area (Å²) in [4.78, 5) is 29.5. The number of esters is 2. The van der Waals surface area contributed by atoms with E-state index < -0.39 is 0 Å². The number of hydrogen-bond acceptors (Lipinski definition) is 6. The predicted octanol–water partition coefficient (Wildman–Crippen LogP) is 3.65. The van der Waals surface area contributed by atoms with Crippen molar-refractivity contribution in [2.45, 2.75) is 65.7 Å². The van der Waals surface area contributed by atoms with E-state index in [2.05, 4.69) is 36.6 Å². The van der Waals surface area contributed by atoms with E-state index in [1.165, 1.54) is 18.4 Å². The van der Waals surface area contributed by atoms with Crippen LogP contribution < -0.4 is 0 Å². The van der Waals surface area contributed by atoms with Gasteiger partial charge in [0.25, 0.3) is 0 Å². The van der Waals surface area contributed by atoms with E-state index in [0.717, 1.165) is 58.3 Å². The zero-order chi connectivity index (χ0) is 22.3. The van der Waals surface area contributed by atoms with Crippen LogP contribution in [0.25, 0.3) is 0 Å². The number of carbonyl (C=O) groups excluding carboxylic acids is 2. The molecule has 2 heterocycles. The molecule has 0 radical (unpaired) electrons. The Bertz CT molecular complexity index is 599. The lowest BCUT2D eigenvalue weighted by Gasteiger charge is -2.45. The summed E-state index contributed by atoms with van der Waals surface area (Å²) in [6.07, 6.45) is 10.3. The maximum atomic E-state index is 12.6. The van der Waals surface area contributed by atoms with Crippen LogP contribution >= 0.6 is 0 Å². The molecule has 0 aromatic carbocycles. The van der Waals surface area contributed by atoms with Gasteiger partial charge in [-0.3, -0.25) is 19.4 Å². The third kappa shape index (κ3) is 6.79. The van der Waals surface area contributed by atoms with Crippen molar-refractivity contribution >= 4 is 11.9 Å². The average molecular weight is 435 g/mol. The van der Waals surface area contributed by atoms with E-state index >= 15 is 0 Å². The fourth-order valence-corrected chi connectivity index (χ4v) is 5.51. The minimum atomic E-state index is -0.366. The second-order valence-electron chi connectivity index (χ2n) is 10.1. The van der Waals surface area contributed by atoms with Gasteiger partial charge in [0.15, 0.2) is 0 Å². The lowest BCUT2D eigenvalue weighted by molar-refractivity contribution is -0.161. The molecule has 0 amide bonds. The fourth-order valence-electron chi connectivity index (χ4n) is 5.51. The predicted molar refractivity (Wildman–Crippen MR) is 122 cm³/mol. The SMILES string of the molecule is CC1=C[C@H](C)C(COC(=O)CN2CCCCC2)(COC(=O)CN2CCCCC2)[C@@H](C)C1. The van der Waals surface area contributed by atoms with Gasteiger partial charge >= 0.3 is 11.9 Å². The van der Waals surface area contributed by atoms with Crippen molar-refractivity contribution < 1.29 is 19.1 Å². The molecule has 2 atom stereocenters. The lowest BCUT2D eigenvalue weighted by atomic mass is 9.63. The van der Waals surface area contributed by atoms with E-state index in [1.807, 2.05) is 0 Å². The van der Waals surface area contributed by atoms with Crippen molar-refractivity contribution in [2.24, 2.45) is 17.3 Å². The first-order valence-electron chi connectivity index (χ1n) is 12.3. The average Bonchev–Trinajstić information content (AvgIpc) is 2.74. The second kappa shape index (κ2) is 11.5. The standard InChI is InChI=1S/C25H42N2O4/c1-20-14-21(2)25(22(3)15-20,18-30-23(28)16-26-10-6-4-7-11-26)19-31-24(29)17-27-12-8-5-9-13-27/h14,21-22H,4-13,15-19H2,1-3H3/t21-,22-/m0/s1. The van der Waals surface area contributed by atoms with Crippen LogP contribution in [0, 0.1) is 17.3 Å². The van der Waals surface area contributed by atoms with E-state index in [4.69, 9.17) is 9.47 Å². The zero-order valence-electron chi connectivity index (χ0n) is 19.9. The summed E-state index contributed by atoms with van der Waals surface area (Å²) in [6, 6.07) is 0. The Labute approximate surface area is 188 Å². The molecular formula is C25H42N2O4. The van der Waals surface area contributed by atoms with E-state index in [0.29, 0.717) is 26.3 Å². The van der Waals surface area contributed by atoms with Crippen LogP contribution in [-0.4, -0.2) is 74.2 Å². The highest BCUT2D eigenvalue weighted by Gasteiger charge is 2.45. The third-order valence-electron chi connectivity index (χ3n) is 7.66. The van der Waals surface area contributed by atoms with Crippen LogP contribution in [0.3, 0.4) is 0 Å². The molecule has 1 aliphatic carbocycles. The van der Waals surface area contributed by atoms with Gasteiger partial charge in [-0.25, -0.2) is 0 Å². The van der Waals surface area contributed by atoms with Gasteiger partial charge in [0.1, 0.15) is 13.2 Å². The van der Waals surface area contributed by atoms with Gasteiger partial charge < -0.3 is 9.47 Å². The first-order valence-corrected chi connectivity index (χ1v) is 12.3. The quantitative estimate of drug-likeness (QED) is 0.429. The topological polar surface area (TPSA) is 59.1 Å². The van der Waals surface area contributed by atoms with Crippen LogP contribution in [0.5, 0.6) is 0 Å². The normalized spacial score (nSPS) is 27.4. The minimum Gasteiger partial charge on any atom is -0.464 e. The summed E-state index contributed by atoms with van der Waals surface area (Å²) in [7, 11) is 0. The summed E-state index contributed by atoms with van der Waals surface area (Å²) < 4.78 is 11.7. The van der Waals surface area contributed by atoms with Crippen molar-refractivity contribution in [1.82, 2.24) is 9.80 Å². The third-order valence-corrected chi connectivity index (χ3v) is 7.66. The van der Waals surface area contributed by atoms with E-state index in [9.17, 15) is 9.59 Å². The number of likely N-dealkylation sites (tertiary alicyclic amines) is 2. The number of piperidine rings is 2. The number of hydrogen-bond donors (Lipinski definition) is 0. The minimum absolute atomic E-state index is 0.161. The first kappa shape index (κ1) is 24.2. The van der Waals surface area contributed by atoms with Gasteiger partial charge in [-0.15, -0.1) is 0 Å². The largest absolute Gasteiger partial charge is 0.464 e. The molecule has 176 valence electrons. The molecule has 2 fully saturated rings. The number of carbonyl (C=O) groups is 2. The Morgan fingerprint density at radius 3 is 1.74 bits per heavy atom. The van der Waals surface area contributed by atoms with E-state index in [-0.39, 0.29) is 29.2 Å². The van der Waals surface area contributed by atoms with Crippen LogP contribution in [0.1, 0.15) is 65.7 Å². The number of nitrogens with zero attached hydrogens (tertiary/aromatic N) is 2. The summed E-state index contributed by atoms with van der Waals surface area (Å²) in [6.45, 7) is 11.8. The van der Waals surface area contributed by atoms with Gasteiger partial charge in [0.05, 0.1) is 13.1 Å². The molecule has 0 saturated carbocycles. The van der Waals surface area contributed by atoms with Crippen molar-refractivity contribution in [3.63, 3.8) is 0 Å². The van der Waals surface area contributed by atoms with Crippen LogP contribution in [0.4, 0.5) is 0 Å². The van der Waals surface area contributed by atoms with Crippen molar-refractivity contribution in [3.05, 3.63) is 11.6 Å². The molecule has 0 aromatic heterocycles. The van der Waals surface area contributed by atoms with Crippen molar-refractivity contribution in [2.75, 3.05) is 52.5 Å². The molecular weight excluding hydrogens is 392 g/mol. The second-order valence-corrected chi connectivity index (χ2v) is 10.1. The van der Waals surface area contributed by atoms with Gasteiger partial charge in [0, 0.05) is 5.41 Å². The summed E-state index contributed by atoms with van der Waals surface area (Å²) >= 11 is 0. The maximum Gasteiger partial charge on any atom is 0.320 e. The van der Waals surface area contributed by atoms with Gasteiger partial charge in [-0.1, -0.05) is 38.3 Å². The Hall–Kier alpha value is -1.40. The summed E-state index contributed by atoms with van der Waals surface area (Å²) in [5.41, 5.74) is 0.990.